The maximum absolute atomic E-state index is 6.03. The monoisotopic (exact) mass is 415 g/mol. The number of fused-ring (bicyclic) bond motifs is 1. The van der Waals surface area contributed by atoms with Gasteiger partial charge in [0.25, 0.3) is 0 Å². The Hall–Kier alpha value is -3.59. The van der Waals surface area contributed by atoms with E-state index in [9.17, 15) is 0 Å². The Morgan fingerprint density at radius 2 is 1.90 bits per heavy atom. The topological polar surface area (TPSA) is 119 Å². The van der Waals surface area contributed by atoms with Gasteiger partial charge in [-0.3, -0.25) is 4.40 Å². The number of rotatable bonds is 5. The fraction of sp³-hybridized carbons (Fsp3) is 0.318. The smallest absolute Gasteiger partial charge is 0.223 e. The van der Waals surface area contributed by atoms with Crippen molar-refractivity contribution in [2.24, 2.45) is 5.73 Å². The summed E-state index contributed by atoms with van der Waals surface area (Å²) in [5, 5.41) is 6.78. The van der Waals surface area contributed by atoms with Crippen LogP contribution in [-0.4, -0.2) is 41.4 Å². The van der Waals surface area contributed by atoms with Crippen LogP contribution in [0, 0.1) is 6.92 Å². The lowest BCUT2D eigenvalue weighted by molar-refractivity contribution is 0.410. The molecule has 4 aromatic rings. The van der Waals surface area contributed by atoms with E-state index < -0.39 is 0 Å². The summed E-state index contributed by atoms with van der Waals surface area (Å²) in [7, 11) is 0. The molecule has 0 spiro atoms. The maximum Gasteiger partial charge on any atom is 0.223 e. The fourth-order valence-corrected chi connectivity index (χ4v) is 3.96. The first-order chi connectivity index (χ1) is 15.2. The van der Waals surface area contributed by atoms with E-state index in [0.717, 1.165) is 59.8 Å². The van der Waals surface area contributed by atoms with Crippen LogP contribution >= 0.6 is 0 Å². The minimum absolute atomic E-state index is 0.316. The van der Waals surface area contributed by atoms with Crippen molar-refractivity contribution in [2.75, 3.05) is 10.6 Å². The van der Waals surface area contributed by atoms with E-state index in [0.29, 0.717) is 18.0 Å². The van der Waals surface area contributed by atoms with Gasteiger partial charge in [0.1, 0.15) is 17.8 Å². The number of aryl methyl sites for hydroxylation is 1. The van der Waals surface area contributed by atoms with Gasteiger partial charge in [-0.05, 0) is 56.4 Å². The van der Waals surface area contributed by atoms with Gasteiger partial charge in [-0.25, -0.2) is 24.9 Å². The summed E-state index contributed by atoms with van der Waals surface area (Å²) < 4.78 is 2.03. The zero-order valence-corrected chi connectivity index (χ0v) is 17.4. The molecule has 1 aliphatic carbocycles. The van der Waals surface area contributed by atoms with Gasteiger partial charge < -0.3 is 16.4 Å². The number of nitrogens with zero attached hydrogens (tertiary/aromatic N) is 6. The molecule has 0 amide bonds. The summed E-state index contributed by atoms with van der Waals surface area (Å²) >= 11 is 0. The summed E-state index contributed by atoms with van der Waals surface area (Å²) in [5.74, 6) is 1.37. The van der Waals surface area contributed by atoms with Gasteiger partial charge in [-0.15, -0.1) is 0 Å². The van der Waals surface area contributed by atoms with Gasteiger partial charge in [-0.2, -0.15) is 0 Å². The summed E-state index contributed by atoms with van der Waals surface area (Å²) in [4.78, 5) is 22.1. The first-order valence-corrected chi connectivity index (χ1v) is 10.5. The minimum Gasteiger partial charge on any atom is -0.351 e. The highest BCUT2D eigenvalue weighted by Crippen LogP contribution is 2.26. The zero-order valence-electron chi connectivity index (χ0n) is 17.4. The minimum atomic E-state index is 0.316. The van der Waals surface area contributed by atoms with Crippen molar-refractivity contribution in [3.63, 3.8) is 0 Å². The van der Waals surface area contributed by atoms with Crippen LogP contribution in [0.2, 0.25) is 0 Å². The highest BCUT2D eigenvalue weighted by atomic mass is 15.1. The van der Waals surface area contributed by atoms with Crippen molar-refractivity contribution < 1.29 is 0 Å². The Morgan fingerprint density at radius 1 is 1.03 bits per heavy atom. The molecule has 31 heavy (non-hydrogen) atoms. The molecule has 4 N–H and O–H groups in total. The van der Waals surface area contributed by atoms with E-state index in [1.54, 1.807) is 6.20 Å². The van der Waals surface area contributed by atoms with E-state index in [-0.39, 0.29) is 0 Å². The SMILES string of the molecule is Cc1cnc(NC2CCC(N)CC2)nc1-c1cnc2ccc(Nc3ccncn3)cn12. The second-order valence-electron chi connectivity index (χ2n) is 7.99. The van der Waals surface area contributed by atoms with Gasteiger partial charge in [0.05, 0.1) is 23.3 Å². The van der Waals surface area contributed by atoms with E-state index >= 15 is 0 Å². The number of hydrogen-bond donors (Lipinski definition) is 3. The first kappa shape index (κ1) is 19.4. The molecule has 0 radical (unpaired) electrons. The Kier molecular flexibility index (Phi) is 5.17. The van der Waals surface area contributed by atoms with Crippen molar-refractivity contribution in [2.45, 2.75) is 44.7 Å². The number of aromatic nitrogens is 6. The van der Waals surface area contributed by atoms with Crippen LogP contribution in [0.3, 0.4) is 0 Å². The molecule has 158 valence electrons. The van der Waals surface area contributed by atoms with Crippen LogP contribution in [0.4, 0.5) is 17.5 Å². The third-order valence-corrected chi connectivity index (χ3v) is 5.68. The van der Waals surface area contributed by atoms with Gasteiger partial charge in [-0.1, -0.05) is 0 Å². The van der Waals surface area contributed by atoms with Crippen molar-refractivity contribution in [3.8, 4) is 11.4 Å². The number of imidazole rings is 1. The first-order valence-electron chi connectivity index (χ1n) is 10.5. The van der Waals surface area contributed by atoms with Gasteiger partial charge >= 0.3 is 0 Å². The highest BCUT2D eigenvalue weighted by molar-refractivity contribution is 5.67. The Balaban J connectivity index is 1.45. The molecule has 0 unspecified atom stereocenters. The highest BCUT2D eigenvalue weighted by Gasteiger charge is 2.20. The average molecular weight is 416 g/mol. The molecule has 0 bridgehead atoms. The predicted octanol–water partition coefficient (Wildman–Crippen LogP) is 3.32. The molecule has 4 aromatic heterocycles. The third kappa shape index (κ3) is 4.17. The maximum atomic E-state index is 6.03. The lowest BCUT2D eigenvalue weighted by Crippen LogP contribution is -2.33. The summed E-state index contributed by atoms with van der Waals surface area (Å²) in [6.45, 7) is 2.02. The lowest BCUT2D eigenvalue weighted by atomic mass is 9.92. The summed E-state index contributed by atoms with van der Waals surface area (Å²) in [6.07, 6.45) is 13.1. The fourth-order valence-electron chi connectivity index (χ4n) is 3.96. The van der Waals surface area contributed by atoms with Crippen molar-refractivity contribution in [1.82, 2.24) is 29.3 Å². The van der Waals surface area contributed by atoms with Gasteiger partial charge in [0.2, 0.25) is 5.95 Å². The number of hydrogen-bond acceptors (Lipinski definition) is 8. The normalized spacial score (nSPS) is 18.8. The van der Waals surface area contributed by atoms with E-state index in [4.69, 9.17) is 10.7 Å². The molecular formula is C22H25N9. The summed E-state index contributed by atoms with van der Waals surface area (Å²) in [6, 6.07) is 6.44. The molecule has 0 saturated heterocycles. The Labute approximate surface area is 180 Å². The van der Waals surface area contributed by atoms with Gasteiger partial charge in [0.15, 0.2) is 0 Å². The van der Waals surface area contributed by atoms with Crippen molar-refractivity contribution >= 4 is 23.1 Å². The van der Waals surface area contributed by atoms with Crippen LogP contribution in [0.1, 0.15) is 31.2 Å². The zero-order chi connectivity index (χ0) is 21.2. The summed E-state index contributed by atoms with van der Waals surface area (Å²) in [5.41, 5.74) is 10.5. The number of pyridine rings is 1. The number of nitrogens with one attached hydrogen (secondary N) is 2. The van der Waals surface area contributed by atoms with E-state index in [1.807, 2.05) is 48.1 Å². The quantitative estimate of drug-likeness (QED) is 0.454. The Morgan fingerprint density at radius 3 is 2.71 bits per heavy atom. The molecule has 5 rings (SSSR count). The lowest BCUT2D eigenvalue weighted by Gasteiger charge is -2.26. The second-order valence-corrected chi connectivity index (χ2v) is 7.99. The van der Waals surface area contributed by atoms with E-state index in [2.05, 4.69) is 30.6 Å². The molecule has 1 aliphatic rings. The van der Waals surface area contributed by atoms with Crippen LogP contribution in [0.25, 0.3) is 17.0 Å². The standard InChI is InChI=1S/C22H25N9/c1-14-10-26-22(29-16-4-2-15(23)3-5-16)30-21(14)18-11-25-20-7-6-17(12-31(18)20)28-19-8-9-24-13-27-19/h6-13,15-16H,2-5,23H2,1H3,(H,24,27,28)(H,26,29,30). The molecule has 4 heterocycles. The van der Waals surface area contributed by atoms with E-state index in [1.165, 1.54) is 6.33 Å². The molecular weight excluding hydrogens is 390 g/mol. The molecule has 1 saturated carbocycles. The molecule has 0 aromatic carbocycles. The molecule has 9 heteroatoms. The third-order valence-electron chi connectivity index (χ3n) is 5.68. The largest absolute Gasteiger partial charge is 0.351 e. The van der Waals surface area contributed by atoms with Crippen LogP contribution in [0.5, 0.6) is 0 Å². The number of anilines is 3. The van der Waals surface area contributed by atoms with Crippen LogP contribution in [0.15, 0.2) is 49.3 Å². The average Bonchev–Trinajstić information content (AvgIpc) is 3.20. The molecule has 9 nitrogen and oxygen atoms in total. The molecule has 0 atom stereocenters. The van der Waals surface area contributed by atoms with Crippen LogP contribution in [-0.2, 0) is 0 Å². The van der Waals surface area contributed by atoms with Crippen molar-refractivity contribution in [1.29, 1.82) is 0 Å². The van der Waals surface area contributed by atoms with Crippen molar-refractivity contribution in [3.05, 3.63) is 54.9 Å². The predicted molar refractivity (Wildman–Crippen MR) is 120 cm³/mol. The Bertz CT molecular complexity index is 1180. The molecule has 0 aliphatic heterocycles. The second kappa shape index (κ2) is 8.27. The molecule has 1 fully saturated rings. The van der Waals surface area contributed by atoms with Crippen LogP contribution < -0.4 is 16.4 Å². The number of nitrogens with two attached hydrogens (primary N) is 1. The van der Waals surface area contributed by atoms with Gasteiger partial charge in [0, 0.05) is 30.7 Å².